The largest absolute Gasteiger partial charge is 0.352 e. The van der Waals surface area contributed by atoms with Crippen molar-refractivity contribution in [1.82, 2.24) is 10.2 Å². The molecule has 0 aliphatic heterocycles. The Morgan fingerprint density at radius 3 is 2.12 bits per heavy atom. The zero-order valence-corrected chi connectivity index (χ0v) is 25.9. The molecule has 3 rings (SSSR count). The molecule has 12 heteroatoms. The summed E-state index contributed by atoms with van der Waals surface area (Å²) < 4.78 is 28.6. The van der Waals surface area contributed by atoms with Gasteiger partial charge >= 0.3 is 0 Å². The molecule has 3 aromatic carbocycles. The Morgan fingerprint density at radius 1 is 0.875 bits per heavy atom. The van der Waals surface area contributed by atoms with Crippen LogP contribution in [-0.4, -0.2) is 43.8 Å². The highest BCUT2D eigenvalue weighted by Crippen LogP contribution is 2.28. The van der Waals surface area contributed by atoms with Gasteiger partial charge in [0.1, 0.15) is 12.6 Å². The van der Waals surface area contributed by atoms with Crippen molar-refractivity contribution in [2.75, 3.05) is 10.8 Å². The second-order valence-corrected chi connectivity index (χ2v) is 12.9. The molecule has 1 N–H and O–H groups in total. The number of rotatable bonds is 11. The summed E-state index contributed by atoms with van der Waals surface area (Å²) in [4.78, 5) is 28.5. The van der Waals surface area contributed by atoms with Gasteiger partial charge in [-0.25, -0.2) is 8.42 Å². The highest BCUT2D eigenvalue weighted by atomic mass is 35.5. The Morgan fingerprint density at radius 2 is 1.55 bits per heavy atom. The maximum atomic E-state index is 14.0. The Labute approximate surface area is 255 Å². The first kappa shape index (κ1) is 32.0. The topological polar surface area (TPSA) is 86.8 Å². The molecular weight excluding hydrogens is 616 g/mol. The summed E-state index contributed by atoms with van der Waals surface area (Å²) in [5, 5.41) is 4.13. The second kappa shape index (κ2) is 13.9. The molecule has 0 unspecified atom stereocenters. The highest BCUT2D eigenvalue weighted by molar-refractivity contribution is 7.92. The van der Waals surface area contributed by atoms with Crippen molar-refractivity contribution in [2.24, 2.45) is 0 Å². The van der Waals surface area contributed by atoms with E-state index in [1.54, 1.807) is 43.3 Å². The van der Waals surface area contributed by atoms with E-state index in [9.17, 15) is 18.0 Å². The lowest BCUT2D eigenvalue weighted by molar-refractivity contribution is -0.140. The molecule has 0 saturated carbocycles. The molecule has 0 spiro atoms. The van der Waals surface area contributed by atoms with Gasteiger partial charge in [0.2, 0.25) is 11.8 Å². The van der Waals surface area contributed by atoms with Gasteiger partial charge in [0, 0.05) is 22.6 Å². The number of hydrogen-bond acceptors (Lipinski definition) is 4. The lowest BCUT2D eigenvalue weighted by atomic mass is 10.1. The summed E-state index contributed by atoms with van der Waals surface area (Å²) in [5.74, 6) is -0.963. The monoisotopic (exact) mass is 643 g/mol. The summed E-state index contributed by atoms with van der Waals surface area (Å²) in [6.07, 6.45) is 0.284. The first-order chi connectivity index (χ1) is 18.8. The number of nitrogens with zero attached hydrogens (tertiary/aromatic N) is 2. The number of carbonyl (C=O) groups excluding carboxylic acids is 2. The van der Waals surface area contributed by atoms with Gasteiger partial charge in [-0.15, -0.1) is 0 Å². The predicted molar refractivity (Wildman–Crippen MR) is 162 cm³/mol. The molecular formula is C28H29Cl4N3O4S. The minimum absolute atomic E-state index is 0.00980. The van der Waals surface area contributed by atoms with E-state index in [0.717, 1.165) is 4.31 Å². The van der Waals surface area contributed by atoms with Crippen LogP contribution in [-0.2, 0) is 26.2 Å². The second-order valence-electron chi connectivity index (χ2n) is 9.30. The van der Waals surface area contributed by atoms with Gasteiger partial charge in [-0.1, -0.05) is 65.5 Å². The molecule has 3 aromatic rings. The summed E-state index contributed by atoms with van der Waals surface area (Å²) in [6.45, 7) is 4.80. The average Bonchev–Trinajstić information content (AvgIpc) is 2.88. The third-order valence-corrected chi connectivity index (χ3v) is 8.94. The van der Waals surface area contributed by atoms with Crippen molar-refractivity contribution < 1.29 is 18.0 Å². The van der Waals surface area contributed by atoms with E-state index in [1.807, 2.05) is 13.8 Å². The normalized spacial score (nSPS) is 12.2. The van der Waals surface area contributed by atoms with Crippen LogP contribution < -0.4 is 9.62 Å². The van der Waals surface area contributed by atoms with Crippen LogP contribution in [0.3, 0.4) is 0 Å². The maximum Gasteiger partial charge on any atom is 0.264 e. The van der Waals surface area contributed by atoms with Crippen molar-refractivity contribution in [2.45, 2.75) is 50.7 Å². The van der Waals surface area contributed by atoms with E-state index in [2.05, 4.69) is 5.32 Å². The average molecular weight is 645 g/mol. The Hall–Kier alpha value is -2.49. The van der Waals surface area contributed by atoms with Crippen molar-refractivity contribution >= 4 is 73.9 Å². The highest BCUT2D eigenvalue weighted by Gasteiger charge is 2.34. The van der Waals surface area contributed by atoms with E-state index in [1.165, 1.54) is 35.2 Å². The number of carbonyl (C=O) groups is 2. The molecule has 7 nitrogen and oxygen atoms in total. The number of halogens is 4. The van der Waals surface area contributed by atoms with Crippen LogP contribution in [0.4, 0.5) is 5.69 Å². The van der Waals surface area contributed by atoms with Gasteiger partial charge in [-0.3, -0.25) is 13.9 Å². The molecule has 40 heavy (non-hydrogen) atoms. The van der Waals surface area contributed by atoms with E-state index in [0.29, 0.717) is 15.6 Å². The van der Waals surface area contributed by atoms with Crippen LogP contribution in [0.5, 0.6) is 0 Å². The number of sulfonamides is 1. The number of amides is 2. The fourth-order valence-corrected chi connectivity index (χ4v) is 6.07. The lowest BCUT2D eigenvalue weighted by Crippen LogP contribution is -2.53. The summed E-state index contributed by atoms with van der Waals surface area (Å²) in [7, 11) is -4.24. The third-order valence-electron chi connectivity index (χ3n) is 5.93. The number of nitrogens with one attached hydrogen (secondary N) is 1. The fraction of sp³-hybridized carbons (Fsp3) is 0.286. The van der Waals surface area contributed by atoms with Gasteiger partial charge in [0.15, 0.2) is 0 Å². The standard InChI is InChI=1S/C28H29Cl4N3O4S/c1-4-26(28(37)33-18(2)3)34(16-19-8-13-24(31)25(32)14-19)27(36)17-35(22-7-5-6-21(30)15-22)40(38,39)23-11-9-20(29)10-12-23/h5-15,18,26H,4,16-17H2,1-3H3,(H,33,37)/t26-/m1/s1. The van der Waals surface area contributed by atoms with Crippen LogP contribution in [0.15, 0.2) is 71.6 Å². The smallest absolute Gasteiger partial charge is 0.264 e. The minimum Gasteiger partial charge on any atom is -0.352 e. The van der Waals surface area contributed by atoms with Crippen LogP contribution >= 0.6 is 46.4 Å². The molecule has 0 aromatic heterocycles. The number of anilines is 1. The lowest BCUT2D eigenvalue weighted by Gasteiger charge is -2.33. The molecule has 1 atom stereocenters. The molecule has 0 aliphatic carbocycles. The van der Waals surface area contributed by atoms with E-state index < -0.39 is 28.5 Å². The van der Waals surface area contributed by atoms with Crippen molar-refractivity contribution in [3.8, 4) is 0 Å². The van der Waals surface area contributed by atoms with Gasteiger partial charge in [-0.2, -0.15) is 0 Å². The first-order valence-corrected chi connectivity index (χ1v) is 15.4. The quantitative estimate of drug-likeness (QED) is 0.248. The molecule has 0 fully saturated rings. The van der Waals surface area contributed by atoms with E-state index >= 15 is 0 Å². The number of benzene rings is 3. The summed E-state index contributed by atoms with van der Waals surface area (Å²) in [5.41, 5.74) is 0.804. The SMILES string of the molecule is CC[C@H](C(=O)NC(C)C)N(Cc1ccc(Cl)c(Cl)c1)C(=O)CN(c1cccc(Cl)c1)S(=O)(=O)c1ccc(Cl)cc1. The molecule has 0 radical (unpaired) electrons. The van der Waals surface area contributed by atoms with Crippen molar-refractivity contribution in [1.29, 1.82) is 0 Å². The van der Waals surface area contributed by atoms with Crippen LogP contribution in [0.1, 0.15) is 32.8 Å². The van der Waals surface area contributed by atoms with Gasteiger partial charge < -0.3 is 10.2 Å². The zero-order chi connectivity index (χ0) is 29.6. The molecule has 0 saturated heterocycles. The molecule has 0 heterocycles. The predicted octanol–water partition coefficient (Wildman–Crippen LogP) is 6.83. The molecule has 0 aliphatic rings. The van der Waals surface area contributed by atoms with Gasteiger partial charge in [-0.05, 0) is 80.4 Å². The van der Waals surface area contributed by atoms with Gasteiger partial charge in [0.05, 0.1) is 20.6 Å². The minimum atomic E-state index is -4.24. The van der Waals surface area contributed by atoms with Crippen LogP contribution in [0.25, 0.3) is 0 Å². The van der Waals surface area contributed by atoms with Crippen LogP contribution in [0, 0.1) is 0 Å². The summed E-state index contributed by atoms with van der Waals surface area (Å²) >= 11 is 24.5. The zero-order valence-electron chi connectivity index (χ0n) is 22.1. The maximum absolute atomic E-state index is 14.0. The van der Waals surface area contributed by atoms with E-state index in [4.69, 9.17) is 46.4 Å². The van der Waals surface area contributed by atoms with Crippen LogP contribution in [0.2, 0.25) is 20.1 Å². The Bertz CT molecular complexity index is 1470. The Balaban J connectivity index is 2.08. The molecule has 214 valence electrons. The first-order valence-electron chi connectivity index (χ1n) is 12.4. The molecule has 2 amide bonds. The number of hydrogen-bond donors (Lipinski definition) is 1. The van der Waals surface area contributed by atoms with E-state index in [-0.39, 0.29) is 45.5 Å². The fourth-order valence-electron chi connectivity index (χ4n) is 4.03. The Kier molecular flexibility index (Phi) is 11.1. The van der Waals surface area contributed by atoms with Crippen molar-refractivity contribution in [3.63, 3.8) is 0 Å². The van der Waals surface area contributed by atoms with Crippen molar-refractivity contribution in [3.05, 3.63) is 92.4 Å². The third kappa shape index (κ3) is 8.04. The van der Waals surface area contributed by atoms with Gasteiger partial charge in [0.25, 0.3) is 10.0 Å². The molecule has 0 bridgehead atoms. The summed E-state index contributed by atoms with van der Waals surface area (Å²) in [6, 6.07) is 15.6.